The third-order valence-electron chi connectivity index (χ3n) is 2.44. The lowest BCUT2D eigenvalue weighted by Crippen LogP contribution is -2.03. The van der Waals surface area contributed by atoms with Crippen molar-refractivity contribution < 1.29 is 4.39 Å². The number of nitrogen functional groups attached to an aromatic ring is 1. The Kier molecular flexibility index (Phi) is 2.90. The largest absolute Gasteiger partial charge is 0.397 e. The summed E-state index contributed by atoms with van der Waals surface area (Å²) in [5, 5.41) is 0. The third kappa shape index (κ3) is 1.91. The SMILES string of the molecule is CCCc1nccn1-c1ccc(F)cc1N. The van der Waals surface area contributed by atoms with Crippen LogP contribution in [0.5, 0.6) is 0 Å². The van der Waals surface area contributed by atoms with E-state index in [2.05, 4.69) is 11.9 Å². The van der Waals surface area contributed by atoms with Crippen LogP contribution in [0.3, 0.4) is 0 Å². The molecule has 2 rings (SSSR count). The number of benzene rings is 1. The maximum atomic E-state index is 12.9. The van der Waals surface area contributed by atoms with Crippen LogP contribution in [-0.4, -0.2) is 9.55 Å². The molecule has 0 aliphatic heterocycles. The van der Waals surface area contributed by atoms with Gasteiger partial charge in [-0.1, -0.05) is 6.92 Å². The Bertz CT molecular complexity index is 491. The molecule has 3 nitrogen and oxygen atoms in total. The molecule has 16 heavy (non-hydrogen) atoms. The van der Waals surface area contributed by atoms with Crippen molar-refractivity contribution in [2.45, 2.75) is 19.8 Å². The number of aryl methyl sites for hydroxylation is 1. The predicted molar refractivity (Wildman–Crippen MR) is 61.9 cm³/mol. The summed E-state index contributed by atoms with van der Waals surface area (Å²) in [5.41, 5.74) is 7.00. The van der Waals surface area contributed by atoms with Gasteiger partial charge in [-0.05, 0) is 24.6 Å². The van der Waals surface area contributed by atoms with Crippen LogP contribution in [-0.2, 0) is 6.42 Å². The third-order valence-corrected chi connectivity index (χ3v) is 2.44. The summed E-state index contributed by atoms with van der Waals surface area (Å²) in [6, 6.07) is 4.40. The minimum atomic E-state index is -0.321. The van der Waals surface area contributed by atoms with Crippen LogP contribution < -0.4 is 5.73 Å². The first kappa shape index (κ1) is 10.7. The molecule has 0 fully saturated rings. The Morgan fingerprint density at radius 2 is 2.25 bits per heavy atom. The summed E-state index contributed by atoms with van der Waals surface area (Å²) < 4.78 is 14.8. The molecule has 4 heteroatoms. The number of hydrogen-bond donors (Lipinski definition) is 1. The molecule has 0 unspecified atom stereocenters. The minimum Gasteiger partial charge on any atom is -0.397 e. The molecule has 0 radical (unpaired) electrons. The van der Waals surface area contributed by atoms with E-state index < -0.39 is 0 Å². The number of nitrogens with two attached hydrogens (primary N) is 1. The van der Waals surface area contributed by atoms with Crippen molar-refractivity contribution in [3.8, 4) is 5.69 Å². The van der Waals surface area contributed by atoms with Crippen LogP contribution in [0.1, 0.15) is 19.2 Å². The molecular weight excluding hydrogens is 205 g/mol. The van der Waals surface area contributed by atoms with Crippen LogP contribution >= 0.6 is 0 Å². The second-order valence-electron chi connectivity index (χ2n) is 3.67. The van der Waals surface area contributed by atoms with Crippen molar-refractivity contribution in [1.29, 1.82) is 0 Å². The molecule has 0 bridgehead atoms. The van der Waals surface area contributed by atoms with E-state index in [1.165, 1.54) is 12.1 Å². The van der Waals surface area contributed by atoms with E-state index in [9.17, 15) is 4.39 Å². The average Bonchev–Trinajstić information content (AvgIpc) is 2.67. The normalized spacial score (nSPS) is 10.6. The monoisotopic (exact) mass is 219 g/mol. The van der Waals surface area contributed by atoms with Gasteiger partial charge in [-0.15, -0.1) is 0 Å². The summed E-state index contributed by atoms with van der Waals surface area (Å²) in [7, 11) is 0. The van der Waals surface area contributed by atoms with Crippen molar-refractivity contribution in [1.82, 2.24) is 9.55 Å². The van der Waals surface area contributed by atoms with E-state index >= 15 is 0 Å². The van der Waals surface area contributed by atoms with Crippen molar-refractivity contribution in [3.05, 3.63) is 42.2 Å². The van der Waals surface area contributed by atoms with Gasteiger partial charge in [-0.25, -0.2) is 9.37 Å². The maximum Gasteiger partial charge on any atom is 0.125 e. The Balaban J connectivity index is 2.46. The highest BCUT2D eigenvalue weighted by atomic mass is 19.1. The number of nitrogens with zero attached hydrogens (tertiary/aromatic N) is 2. The highest BCUT2D eigenvalue weighted by Crippen LogP contribution is 2.20. The van der Waals surface area contributed by atoms with Crippen LogP contribution in [0.15, 0.2) is 30.6 Å². The molecule has 0 saturated carbocycles. The quantitative estimate of drug-likeness (QED) is 0.806. The Morgan fingerprint density at radius 1 is 1.44 bits per heavy atom. The Morgan fingerprint density at radius 3 is 2.94 bits per heavy atom. The molecule has 84 valence electrons. The van der Waals surface area contributed by atoms with Gasteiger partial charge in [0.15, 0.2) is 0 Å². The summed E-state index contributed by atoms with van der Waals surface area (Å²) >= 11 is 0. The van der Waals surface area contributed by atoms with Gasteiger partial charge in [0.05, 0.1) is 11.4 Å². The first-order valence-electron chi connectivity index (χ1n) is 5.30. The molecule has 1 heterocycles. The van der Waals surface area contributed by atoms with Gasteiger partial charge in [0.2, 0.25) is 0 Å². The first-order chi connectivity index (χ1) is 7.72. The highest BCUT2D eigenvalue weighted by molar-refractivity contribution is 5.58. The predicted octanol–water partition coefficient (Wildman–Crippen LogP) is 2.55. The van der Waals surface area contributed by atoms with Crippen LogP contribution in [0.4, 0.5) is 10.1 Å². The fourth-order valence-electron chi connectivity index (χ4n) is 1.71. The molecule has 2 N–H and O–H groups in total. The minimum absolute atomic E-state index is 0.321. The Hall–Kier alpha value is -1.84. The van der Waals surface area contributed by atoms with Gasteiger partial charge in [0, 0.05) is 18.8 Å². The number of rotatable bonds is 3. The standard InChI is InChI=1S/C12H14FN3/c1-2-3-12-15-6-7-16(12)11-5-4-9(13)8-10(11)14/h4-8H,2-3,14H2,1H3. The zero-order valence-electron chi connectivity index (χ0n) is 9.15. The van der Waals surface area contributed by atoms with Crippen LogP contribution in [0.2, 0.25) is 0 Å². The van der Waals surface area contributed by atoms with E-state index in [0.29, 0.717) is 5.69 Å². The molecule has 2 aromatic rings. The van der Waals surface area contributed by atoms with Gasteiger partial charge in [0.25, 0.3) is 0 Å². The maximum absolute atomic E-state index is 12.9. The average molecular weight is 219 g/mol. The highest BCUT2D eigenvalue weighted by Gasteiger charge is 2.07. The molecule has 0 amide bonds. The fourth-order valence-corrected chi connectivity index (χ4v) is 1.71. The zero-order valence-corrected chi connectivity index (χ0v) is 9.15. The molecule has 0 spiro atoms. The lowest BCUT2D eigenvalue weighted by atomic mass is 10.2. The van der Waals surface area contributed by atoms with Gasteiger partial charge in [-0.2, -0.15) is 0 Å². The second-order valence-corrected chi connectivity index (χ2v) is 3.67. The first-order valence-corrected chi connectivity index (χ1v) is 5.30. The topological polar surface area (TPSA) is 43.8 Å². The lowest BCUT2D eigenvalue weighted by molar-refractivity contribution is 0.628. The van der Waals surface area contributed by atoms with Gasteiger partial charge < -0.3 is 10.3 Å². The van der Waals surface area contributed by atoms with Gasteiger partial charge in [0.1, 0.15) is 11.6 Å². The fraction of sp³-hybridized carbons (Fsp3) is 0.250. The van der Waals surface area contributed by atoms with Crippen molar-refractivity contribution in [2.75, 3.05) is 5.73 Å². The molecule has 1 aromatic heterocycles. The summed E-state index contributed by atoms with van der Waals surface area (Å²) in [5.74, 6) is 0.624. The van der Waals surface area contributed by atoms with Crippen LogP contribution in [0.25, 0.3) is 5.69 Å². The van der Waals surface area contributed by atoms with E-state index in [1.54, 1.807) is 12.3 Å². The van der Waals surface area contributed by atoms with Crippen LogP contribution in [0, 0.1) is 5.82 Å². The van der Waals surface area contributed by atoms with Crippen molar-refractivity contribution >= 4 is 5.69 Å². The number of imidazole rings is 1. The summed E-state index contributed by atoms with van der Waals surface area (Å²) in [4.78, 5) is 4.26. The smallest absolute Gasteiger partial charge is 0.125 e. The lowest BCUT2D eigenvalue weighted by Gasteiger charge is -2.09. The summed E-state index contributed by atoms with van der Waals surface area (Å²) in [6.45, 7) is 2.09. The molecular formula is C12H14FN3. The Labute approximate surface area is 93.7 Å². The molecule has 0 aliphatic carbocycles. The molecule has 1 aromatic carbocycles. The number of aromatic nitrogens is 2. The summed E-state index contributed by atoms with van der Waals surface area (Å²) in [6.07, 6.45) is 5.46. The zero-order chi connectivity index (χ0) is 11.5. The molecule has 0 saturated heterocycles. The van der Waals surface area contributed by atoms with E-state index in [4.69, 9.17) is 5.73 Å². The van der Waals surface area contributed by atoms with Gasteiger partial charge in [-0.3, -0.25) is 0 Å². The molecule has 0 atom stereocenters. The van der Waals surface area contributed by atoms with Crippen molar-refractivity contribution in [3.63, 3.8) is 0 Å². The number of anilines is 1. The molecule has 0 aliphatic rings. The van der Waals surface area contributed by atoms with E-state index in [0.717, 1.165) is 24.4 Å². The second kappa shape index (κ2) is 4.35. The van der Waals surface area contributed by atoms with E-state index in [-0.39, 0.29) is 5.82 Å². The number of hydrogen-bond acceptors (Lipinski definition) is 2. The van der Waals surface area contributed by atoms with Crippen molar-refractivity contribution in [2.24, 2.45) is 0 Å². The van der Waals surface area contributed by atoms with E-state index in [1.807, 2.05) is 10.8 Å². The number of halogens is 1. The van der Waals surface area contributed by atoms with Gasteiger partial charge >= 0.3 is 0 Å².